The molecule has 0 unspecified atom stereocenters. The van der Waals surface area contributed by atoms with Crippen molar-refractivity contribution >= 4 is 5.97 Å². The van der Waals surface area contributed by atoms with E-state index in [0.29, 0.717) is 5.56 Å². The lowest BCUT2D eigenvalue weighted by molar-refractivity contribution is 0.0694. The van der Waals surface area contributed by atoms with Crippen LogP contribution in [0, 0.1) is 0 Å². The Morgan fingerprint density at radius 1 is 1.69 bits per heavy atom. The third-order valence-corrected chi connectivity index (χ3v) is 2.74. The Labute approximate surface area is 76.2 Å². The largest absolute Gasteiger partial charge is 0.478 e. The zero-order valence-corrected chi connectivity index (χ0v) is 7.74. The van der Waals surface area contributed by atoms with Gasteiger partial charge < -0.3 is 5.11 Å². The van der Waals surface area contributed by atoms with Gasteiger partial charge in [0.25, 0.3) is 0 Å². The van der Waals surface area contributed by atoms with Crippen molar-refractivity contribution in [1.82, 2.24) is 9.78 Å². The van der Waals surface area contributed by atoms with Crippen LogP contribution >= 0.6 is 0 Å². The van der Waals surface area contributed by atoms with Crippen LogP contribution in [0.25, 0.3) is 0 Å². The molecule has 1 aliphatic rings. The number of carbonyl (C=O) groups is 1. The highest BCUT2D eigenvalue weighted by atomic mass is 16.4. The summed E-state index contributed by atoms with van der Waals surface area (Å²) in [5.74, 6) is -0.878. The zero-order chi connectivity index (χ0) is 9.64. The highest BCUT2D eigenvalue weighted by Crippen LogP contribution is 2.48. The predicted molar refractivity (Wildman–Crippen MR) is 46.8 cm³/mol. The molecule has 1 aliphatic carbocycles. The first-order valence-electron chi connectivity index (χ1n) is 4.30. The summed E-state index contributed by atoms with van der Waals surface area (Å²) < 4.78 is 1.68. The van der Waals surface area contributed by atoms with E-state index in [-0.39, 0.29) is 5.41 Å². The maximum absolute atomic E-state index is 10.9. The van der Waals surface area contributed by atoms with E-state index in [4.69, 9.17) is 5.11 Å². The van der Waals surface area contributed by atoms with Crippen LogP contribution in [0.3, 0.4) is 0 Å². The molecule has 70 valence electrons. The lowest BCUT2D eigenvalue weighted by atomic mass is 10.0. The lowest BCUT2D eigenvalue weighted by Gasteiger charge is -2.09. The van der Waals surface area contributed by atoms with Gasteiger partial charge in [0, 0.05) is 12.5 Å². The van der Waals surface area contributed by atoms with Crippen molar-refractivity contribution in [3.8, 4) is 0 Å². The van der Waals surface area contributed by atoms with E-state index >= 15 is 0 Å². The van der Waals surface area contributed by atoms with E-state index in [1.54, 1.807) is 11.7 Å². The van der Waals surface area contributed by atoms with Crippen molar-refractivity contribution in [2.24, 2.45) is 7.05 Å². The van der Waals surface area contributed by atoms with Crippen LogP contribution in [0.4, 0.5) is 0 Å². The highest BCUT2D eigenvalue weighted by molar-refractivity contribution is 5.89. The second-order valence-electron chi connectivity index (χ2n) is 3.90. The second kappa shape index (κ2) is 2.34. The molecule has 0 bridgehead atoms. The third-order valence-electron chi connectivity index (χ3n) is 2.74. The Kier molecular flexibility index (Phi) is 1.49. The number of aromatic nitrogens is 2. The molecule has 4 nitrogen and oxygen atoms in total. The SMILES string of the molecule is Cn1ncc(C(=O)O)c1C1(C)CC1. The van der Waals surface area contributed by atoms with Gasteiger partial charge in [0.15, 0.2) is 0 Å². The first kappa shape index (κ1) is 8.29. The van der Waals surface area contributed by atoms with Crippen LogP contribution < -0.4 is 0 Å². The summed E-state index contributed by atoms with van der Waals surface area (Å²) in [5, 5.41) is 12.9. The van der Waals surface area contributed by atoms with Crippen LogP contribution in [0.1, 0.15) is 35.8 Å². The molecule has 1 heterocycles. The number of hydrogen-bond donors (Lipinski definition) is 1. The number of nitrogens with zero attached hydrogens (tertiary/aromatic N) is 2. The van der Waals surface area contributed by atoms with Gasteiger partial charge in [0.2, 0.25) is 0 Å². The number of hydrogen-bond acceptors (Lipinski definition) is 2. The minimum Gasteiger partial charge on any atom is -0.478 e. The van der Waals surface area contributed by atoms with Gasteiger partial charge >= 0.3 is 5.97 Å². The van der Waals surface area contributed by atoms with Gasteiger partial charge in [0.1, 0.15) is 5.56 Å². The van der Waals surface area contributed by atoms with Gasteiger partial charge in [0.05, 0.1) is 11.9 Å². The van der Waals surface area contributed by atoms with Gasteiger partial charge in [-0.3, -0.25) is 4.68 Å². The monoisotopic (exact) mass is 180 g/mol. The van der Waals surface area contributed by atoms with E-state index in [9.17, 15) is 4.79 Å². The molecule has 0 radical (unpaired) electrons. The van der Waals surface area contributed by atoms with Gasteiger partial charge in [-0.05, 0) is 12.8 Å². The molecular weight excluding hydrogens is 168 g/mol. The third kappa shape index (κ3) is 1.13. The van der Waals surface area contributed by atoms with Gasteiger partial charge in [-0.15, -0.1) is 0 Å². The van der Waals surface area contributed by atoms with Crippen LogP contribution in [0.2, 0.25) is 0 Å². The van der Waals surface area contributed by atoms with Crippen LogP contribution in [-0.4, -0.2) is 20.9 Å². The van der Waals surface area contributed by atoms with E-state index in [1.807, 2.05) is 0 Å². The first-order chi connectivity index (χ1) is 6.04. The maximum atomic E-state index is 10.9. The maximum Gasteiger partial charge on any atom is 0.339 e. The molecule has 0 amide bonds. The molecule has 0 aliphatic heterocycles. The fraction of sp³-hybridized carbons (Fsp3) is 0.556. The predicted octanol–water partition coefficient (Wildman–Crippen LogP) is 1.17. The van der Waals surface area contributed by atoms with Crippen molar-refractivity contribution in [2.75, 3.05) is 0 Å². The molecule has 13 heavy (non-hydrogen) atoms. The van der Waals surface area contributed by atoms with Crippen molar-refractivity contribution in [3.63, 3.8) is 0 Å². The molecular formula is C9H12N2O2. The number of rotatable bonds is 2. The van der Waals surface area contributed by atoms with E-state index < -0.39 is 5.97 Å². The average molecular weight is 180 g/mol. The summed E-state index contributed by atoms with van der Waals surface area (Å²) in [6.45, 7) is 2.08. The van der Waals surface area contributed by atoms with Crippen LogP contribution in [0.5, 0.6) is 0 Å². The molecule has 1 aromatic heterocycles. The number of carboxylic acid groups (broad SMARTS) is 1. The minimum atomic E-state index is -0.878. The molecule has 1 fully saturated rings. The Morgan fingerprint density at radius 3 is 2.77 bits per heavy atom. The fourth-order valence-electron chi connectivity index (χ4n) is 1.73. The van der Waals surface area contributed by atoms with Gasteiger partial charge in [-0.2, -0.15) is 5.10 Å². The summed E-state index contributed by atoms with van der Waals surface area (Å²) in [4.78, 5) is 10.9. The Morgan fingerprint density at radius 2 is 2.31 bits per heavy atom. The topological polar surface area (TPSA) is 55.1 Å². The Bertz CT molecular complexity index is 364. The van der Waals surface area contributed by atoms with E-state index in [1.165, 1.54) is 6.20 Å². The van der Waals surface area contributed by atoms with Crippen molar-refractivity contribution in [2.45, 2.75) is 25.2 Å². The molecule has 1 aromatic rings. The van der Waals surface area contributed by atoms with Crippen LogP contribution in [0.15, 0.2) is 6.20 Å². The standard InChI is InChI=1S/C9H12N2O2/c1-9(3-4-9)7-6(8(12)13)5-10-11(7)2/h5H,3-4H2,1-2H3,(H,12,13). The quantitative estimate of drug-likeness (QED) is 0.743. The Hall–Kier alpha value is -1.32. The van der Waals surface area contributed by atoms with Crippen molar-refractivity contribution in [1.29, 1.82) is 0 Å². The summed E-state index contributed by atoms with van der Waals surface area (Å²) in [7, 11) is 1.80. The summed E-state index contributed by atoms with van der Waals surface area (Å²) in [6, 6.07) is 0. The molecule has 2 rings (SSSR count). The minimum absolute atomic E-state index is 0.0545. The molecule has 0 spiro atoms. The molecule has 0 aromatic carbocycles. The van der Waals surface area contributed by atoms with Crippen molar-refractivity contribution < 1.29 is 9.90 Å². The molecule has 1 saturated carbocycles. The smallest absolute Gasteiger partial charge is 0.339 e. The van der Waals surface area contributed by atoms with Gasteiger partial charge in [-0.25, -0.2) is 4.79 Å². The summed E-state index contributed by atoms with van der Waals surface area (Å²) in [6.07, 6.45) is 3.56. The number of aromatic carboxylic acids is 1. The number of aryl methyl sites for hydroxylation is 1. The molecule has 1 N–H and O–H groups in total. The molecule has 0 saturated heterocycles. The average Bonchev–Trinajstić information content (AvgIpc) is 2.62. The highest BCUT2D eigenvalue weighted by Gasteiger charge is 2.44. The fourth-order valence-corrected chi connectivity index (χ4v) is 1.73. The Balaban J connectivity index is 2.53. The number of carboxylic acids is 1. The van der Waals surface area contributed by atoms with Gasteiger partial charge in [-0.1, -0.05) is 6.92 Å². The second-order valence-corrected chi connectivity index (χ2v) is 3.90. The molecule has 4 heteroatoms. The van der Waals surface area contributed by atoms with Crippen molar-refractivity contribution in [3.05, 3.63) is 17.5 Å². The summed E-state index contributed by atoms with van der Waals surface area (Å²) >= 11 is 0. The summed E-state index contributed by atoms with van der Waals surface area (Å²) in [5.41, 5.74) is 1.27. The zero-order valence-electron chi connectivity index (χ0n) is 7.74. The normalized spacial score (nSPS) is 18.6. The lowest BCUT2D eigenvalue weighted by Crippen LogP contribution is -2.13. The van der Waals surface area contributed by atoms with E-state index in [0.717, 1.165) is 18.5 Å². The first-order valence-corrected chi connectivity index (χ1v) is 4.30. The van der Waals surface area contributed by atoms with Crippen LogP contribution in [-0.2, 0) is 12.5 Å². The molecule has 0 atom stereocenters. The van der Waals surface area contributed by atoms with E-state index in [2.05, 4.69) is 12.0 Å².